The van der Waals surface area contributed by atoms with Crippen molar-refractivity contribution in [3.63, 3.8) is 0 Å². The maximum absolute atomic E-state index is 10.6. The molecule has 0 saturated carbocycles. The van der Waals surface area contributed by atoms with Gasteiger partial charge in [0, 0.05) is 11.5 Å². The average Bonchev–Trinajstić information content (AvgIpc) is 2.00. The lowest BCUT2D eigenvalue weighted by atomic mass is 9.94. The Morgan fingerprint density at radius 3 is 2.55 bits per heavy atom. The number of aliphatic hydroxyl groups is 1. The number of rotatable bonds is 3. The van der Waals surface area contributed by atoms with E-state index in [1.54, 1.807) is 6.08 Å². The van der Waals surface area contributed by atoms with Crippen molar-refractivity contribution < 1.29 is 14.6 Å². The summed E-state index contributed by atoms with van der Waals surface area (Å²) >= 11 is 0. The largest absolute Gasteiger partial charge is 0.466 e. The molecule has 0 amide bonds. The highest BCUT2D eigenvalue weighted by Crippen LogP contribution is 2.14. The summed E-state index contributed by atoms with van der Waals surface area (Å²) in [5.74, 6) is -0.397. The second-order valence-electron chi connectivity index (χ2n) is 3.00. The monoisotopic (exact) mass is 158 g/mol. The molecular weight excluding hydrogens is 144 g/mol. The van der Waals surface area contributed by atoms with Crippen LogP contribution in [0.4, 0.5) is 0 Å². The lowest BCUT2D eigenvalue weighted by Gasteiger charge is -2.14. The topological polar surface area (TPSA) is 46.5 Å². The highest BCUT2D eigenvalue weighted by Gasteiger charge is 2.11. The van der Waals surface area contributed by atoms with Crippen LogP contribution in [0.3, 0.4) is 0 Å². The molecule has 0 saturated heterocycles. The summed E-state index contributed by atoms with van der Waals surface area (Å²) in [7, 11) is 1.32. The Morgan fingerprint density at radius 1 is 1.64 bits per heavy atom. The Kier molecular flexibility index (Phi) is 3.82. The lowest BCUT2D eigenvalue weighted by molar-refractivity contribution is -0.134. The first-order valence-corrected chi connectivity index (χ1v) is 3.40. The van der Waals surface area contributed by atoms with Crippen LogP contribution in [0.15, 0.2) is 12.2 Å². The second-order valence-corrected chi connectivity index (χ2v) is 3.00. The molecule has 0 rings (SSSR count). The molecule has 0 aromatic carbocycles. The van der Waals surface area contributed by atoms with E-state index in [0.717, 1.165) is 0 Å². The van der Waals surface area contributed by atoms with E-state index < -0.39 is 5.97 Å². The summed E-state index contributed by atoms with van der Waals surface area (Å²) in [6.45, 7) is 3.67. The smallest absolute Gasteiger partial charge is 0.330 e. The van der Waals surface area contributed by atoms with Gasteiger partial charge >= 0.3 is 5.97 Å². The normalized spacial score (nSPS) is 12.0. The molecule has 0 aliphatic heterocycles. The third-order valence-electron chi connectivity index (χ3n) is 1.28. The van der Waals surface area contributed by atoms with Crippen LogP contribution in [0, 0.1) is 5.41 Å². The lowest BCUT2D eigenvalue weighted by Crippen LogP contribution is -2.13. The van der Waals surface area contributed by atoms with Crippen molar-refractivity contribution in [2.45, 2.75) is 13.8 Å². The zero-order chi connectivity index (χ0) is 8.91. The van der Waals surface area contributed by atoms with E-state index in [-0.39, 0.29) is 12.0 Å². The van der Waals surface area contributed by atoms with Crippen LogP contribution >= 0.6 is 0 Å². The number of hydrogen-bond acceptors (Lipinski definition) is 3. The fourth-order valence-electron chi connectivity index (χ4n) is 0.414. The van der Waals surface area contributed by atoms with Gasteiger partial charge in [0.15, 0.2) is 0 Å². The zero-order valence-corrected chi connectivity index (χ0v) is 7.13. The molecule has 0 aliphatic carbocycles. The molecule has 3 nitrogen and oxygen atoms in total. The Labute approximate surface area is 66.7 Å². The highest BCUT2D eigenvalue weighted by atomic mass is 16.5. The fraction of sp³-hybridized carbons (Fsp3) is 0.625. The molecule has 0 aromatic rings. The number of aliphatic hydroxyl groups excluding tert-OH is 1. The molecule has 0 radical (unpaired) electrons. The van der Waals surface area contributed by atoms with Gasteiger partial charge in [0.25, 0.3) is 0 Å². The summed E-state index contributed by atoms with van der Waals surface area (Å²) in [4.78, 5) is 10.6. The minimum Gasteiger partial charge on any atom is -0.466 e. The maximum atomic E-state index is 10.6. The molecule has 0 unspecified atom stereocenters. The minimum atomic E-state index is -0.397. The molecule has 1 N–H and O–H groups in total. The Balaban J connectivity index is 4.01. The Hall–Kier alpha value is -0.830. The molecule has 0 heterocycles. The number of carbonyl (C=O) groups excluding carboxylic acids is 1. The molecular formula is C8H14O3. The van der Waals surface area contributed by atoms with E-state index >= 15 is 0 Å². The van der Waals surface area contributed by atoms with Crippen LogP contribution in [-0.2, 0) is 9.53 Å². The SMILES string of the molecule is COC(=O)/C=C/C(C)(C)CO. The van der Waals surface area contributed by atoms with Crippen molar-refractivity contribution in [1.82, 2.24) is 0 Å². The van der Waals surface area contributed by atoms with Gasteiger partial charge in [-0.2, -0.15) is 0 Å². The number of esters is 1. The van der Waals surface area contributed by atoms with Gasteiger partial charge in [-0.05, 0) is 0 Å². The first-order valence-electron chi connectivity index (χ1n) is 3.40. The molecule has 0 aliphatic rings. The molecule has 0 atom stereocenters. The highest BCUT2D eigenvalue weighted by molar-refractivity contribution is 5.81. The first kappa shape index (κ1) is 10.2. The predicted molar refractivity (Wildman–Crippen MR) is 42.0 cm³/mol. The van der Waals surface area contributed by atoms with Gasteiger partial charge in [0.05, 0.1) is 13.7 Å². The number of hydrogen-bond donors (Lipinski definition) is 1. The molecule has 0 spiro atoms. The van der Waals surface area contributed by atoms with Crippen molar-refractivity contribution in [3.05, 3.63) is 12.2 Å². The number of ether oxygens (including phenoxy) is 1. The second kappa shape index (κ2) is 4.13. The van der Waals surface area contributed by atoms with Gasteiger partial charge in [-0.3, -0.25) is 0 Å². The van der Waals surface area contributed by atoms with Gasteiger partial charge in [0.1, 0.15) is 0 Å². The minimum absolute atomic E-state index is 0.0144. The van der Waals surface area contributed by atoms with Crippen LogP contribution in [0.25, 0.3) is 0 Å². The maximum Gasteiger partial charge on any atom is 0.330 e. The van der Waals surface area contributed by atoms with Crippen molar-refractivity contribution >= 4 is 5.97 Å². The van der Waals surface area contributed by atoms with E-state index in [1.807, 2.05) is 13.8 Å². The summed E-state index contributed by atoms with van der Waals surface area (Å²) in [6.07, 6.45) is 2.94. The Bertz CT molecular complexity index is 159. The summed E-state index contributed by atoms with van der Waals surface area (Å²) in [5, 5.41) is 8.78. The summed E-state index contributed by atoms with van der Waals surface area (Å²) in [5.41, 5.74) is -0.353. The number of carbonyl (C=O) groups is 1. The average molecular weight is 158 g/mol. The van der Waals surface area contributed by atoms with Crippen molar-refractivity contribution in [2.24, 2.45) is 5.41 Å². The molecule has 0 fully saturated rings. The first-order chi connectivity index (χ1) is 5.02. The van der Waals surface area contributed by atoms with E-state index in [1.165, 1.54) is 13.2 Å². The third-order valence-corrected chi connectivity index (χ3v) is 1.28. The summed E-state index contributed by atoms with van der Waals surface area (Å²) < 4.78 is 4.38. The molecule has 11 heavy (non-hydrogen) atoms. The molecule has 0 bridgehead atoms. The quantitative estimate of drug-likeness (QED) is 0.486. The van der Waals surface area contributed by atoms with Crippen LogP contribution in [0.5, 0.6) is 0 Å². The van der Waals surface area contributed by atoms with E-state index in [0.29, 0.717) is 0 Å². The van der Waals surface area contributed by atoms with Crippen LogP contribution in [0.1, 0.15) is 13.8 Å². The number of methoxy groups -OCH3 is 1. The van der Waals surface area contributed by atoms with E-state index in [2.05, 4.69) is 4.74 Å². The third kappa shape index (κ3) is 4.56. The van der Waals surface area contributed by atoms with Crippen molar-refractivity contribution in [1.29, 1.82) is 0 Å². The standard InChI is InChI=1S/C8H14O3/c1-8(2,6-9)5-4-7(10)11-3/h4-5,9H,6H2,1-3H3/b5-4+. The van der Waals surface area contributed by atoms with Gasteiger partial charge in [0.2, 0.25) is 0 Å². The fourth-order valence-corrected chi connectivity index (χ4v) is 0.414. The van der Waals surface area contributed by atoms with Crippen molar-refractivity contribution in [2.75, 3.05) is 13.7 Å². The van der Waals surface area contributed by atoms with Gasteiger partial charge in [-0.25, -0.2) is 4.79 Å². The van der Waals surface area contributed by atoms with Crippen molar-refractivity contribution in [3.8, 4) is 0 Å². The van der Waals surface area contributed by atoms with Crippen LogP contribution in [0.2, 0.25) is 0 Å². The predicted octanol–water partition coefficient (Wildman–Crippen LogP) is 0.734. The molecule has 0 aromatic heterocycles. The molecule has 64 valence electrons. The van der Waals surface area contributed by atoms with Crippen LogP contribution < -0.4 is 0 Å². The van der Waals surface area contributed by atoms with Gasteiger partial charge in [-0.1, -0.05) is 19.9 Å². The van der Waals surface area contributed by atoms with Gasteiger partial charge < -0.3 is 9.84 Å². The van der Waals surface area contributed by atoms with E-state index in [4.69, 9.17) is 5.11 Å². The zero-order valence-electron chi connectivity index (χ0n) is 7.13. The van der Waals surface area contributed by atoms with E-state index in [9.17, 15) is 4.79 Å². The summed E-state index contributed by atoms with van der Waals surface area (Å²) in [6, 6.07) is 0. The molecule has 3 heteroatoms. The Morgan fingerprint density at radius 2 is 2.18 bits per heavy atom. The van der Waals surface area contributed by atoms with Crippen LogP contribution in [-0.4, -0.2) is 24.8 Å². The van der Waals surface area contributed by atoms with Gasteiger partial charge in [-0.15, -0.1) is 0 Å².